The number of aromatic nitrogens is 3. The van der Waals surface area contributed by atoms with E-state index in [1.165, 1.54) is 30.4 Å². The summed E-state index contributed by atoms with van der Waals surface area (Å²) in [7, 11) is 1.45. The minimum Gasteiger partial charge on any atom is -0.354 e. The van der Waals surface area contributed by atoms with Gasteiger partial charge in [0, 0.05) is 20.1 Å². The monoisotopic (exact) mass is 482 g/mol. The molecule has 176 valence electrons. The number of alkyl halides is 3. The summed E-state index contributed by atoms with van der Waals surface area (Å²) in [4.78, 5) is 38.8. The Morgan fingerprint density at radius 3 is 2.58 bits per heavy atom. The van der Waals surface area contributed by atoms with Gasteiger partial charge in [-0.25, -0.2) is 15.0 Å². The van der Waals surface area contributed by atoms with Crippen LogP contribution in [0.25, 0.3) is 11.4 Å². The number of likely N-dealkylation sites (N-methyl/N-ethyl adjacent to an activating group) is 1. The van der Waals surface area contributed by atoms with E-state index in [1.54, 1.807) is 13.0 Å². The molecule has 33 heavy (non-hydrogen) atoms. The van der Waals surface area contributed by atoms with E-state index in [2.05, 4.69) is 26.8 Å². The Balaban J connectivity index is 2.08. The lowest BCUT2D eigenvalue weighted by Gasteiger charge is -2.46. The molecule has 0 radical (unpaired) electrons. The molecule has 1 aliphatic heterocycles. The van der Waals surface area contributed by atoms with Gasteiger partial charge in [0.2, 0.25) is 5.91 Å². The lowest BCUT2D eigenvalue weighted by molar-refractivity contribution is -0.206. The van der Waals surface area contributed by atoms with E-state index >= 15 is 0 Å². The third kappa shape index (κ3) is 5.31. The summed E-state index contributed by atoms with van der Waals surface area (Å²) in [5.41, 5.74) is 1.07. The minimum atomic E-state index is -4.55. The molecule has 0 bridgehead atoms. The first-order valence-corrected chi connectivity index (χ1v) is 10.4. The highest BCUT2D eigenvalue weighted by molar-refractivity contribution is 6.29. The Labute approximate surface area is 193 Å². The van der Waals surface area contributed by atoms with Crippen LogP contribution in [0, 0.1) is 0 Å². The standard InChI is InChI=1S/C21H22ClF3N6O2/c1-4-19(32)30-9-16(31(5-2)17(10-30)21(23,24)25)12-6-14(29-18(22)7-12)13-8-15(20(33)26-3)28-11-27-13/h4,6-8,11,16-17H,1,5,9-10H2,2-3H3,(H,26,33)/t16-,17-/m1/s1. The van der Waals surface area contributed by atoms with Gasteiger partial charge in [0.05, 0.1) is 17.4 Å². The van der Waals surface area contributed by atoms with Crippen molar-refractivity contribution < 1.29 is 22.8 Å². The summed E-state index contributed by atoms with van der Waals surface area (Å²) in [5, 5.41) is 2.49. The van der Waals surface area contributed by atoms with Crippen LogP contribution in [0.4, 0.5) is 13.2 Å². The molecule has 2 aromatic heterocycles. The summed E-state index contributed by atoms with van der Waals surface area (Å²) in [5.74, 6) is -1.02. The topological polar surface area (TPSA) is 91.3 Å². The zero-order valence-corrected chi connectivity index (χ0v) is 18.7. The quantitative estimate of drug-likeness (QED) is 0.520. The molecule has 0 spiro atoms. The normalized spacial score (nSPS) is 19.3. The SMILES string of the molecule is C=CC(=O)N1C[C@H](c2cc(Cl)nc(-c3cc(C(=O)NC)ncn3)c2)N(CC)[C@@H](C(F)(F)F)C1. The van der Waals surface area contributed by atoms with Crippen LogP contribution in [0.3, 0.4) is 0 Å². The highest BCUT2D eigenvalue weighted by atomic mass is 35.5. The van der Waals surface area contributed by atoms with E-state index < -0.39 is 36.6 Å². The van der Waals surface area contributed by atoms with Gasteiger partial charge >= 0.3 is 6.18 Å². The first kappa shape index (κ1) is 24.6. The van der Waals surface area contributed by atoms with Crippen molar-refractivity contribution >= 4 is 23.4 Å². The molecule has 1 N–H and O–H groups in total. The van der Waals surface area contributed by atoms with Crippen LogP contribution in [0.1, 0.15) is 29.0 Å². The molecule has 3 heterocycles. The number of piperazine rings is 1. The van der Waals surface area contributed by atoms with E-state index in [1.807, 2.05) is 0 Å². The first-order chi connectivity index (χ1) is 15.6. The van der Waals surface area contributed by atoms with E-state index in [0.717, 1.165) is 11.0 Å². The van der Waals surface area contributed by atoms with Crippen molar-refractivity contribution in [3.63, 3.8) is 0 Å². The lowest BCUT2D eigenvalue weighted by atomic mass is 9.97. The maximum atomic E-state index is 13.9. The highest BCUT2D eigenvalue weighted by Gasteiger charge is 2.50. The molecule has 0 saturated carbocycles. The molecule has 0 aromatic carbocycles. The van der Waals surface area contributed by atoms with Crippen LogP contribution in [-0.2, 0) is 4.79 Å². The Hall–Kier alpha value is -3.05. The third-order valence-corrected chi connectivity index (χ3v) is 5.60. The summed E-state index contributed by atoms with van der Waals surface area (Å²) < 4.78 is 41.7. The average molecular weight is 483 g/mol. The van der Waals surface area contributed by atoms with Crippen LogP contribution >= 0.6 is 11.6 Å². The van der Waals surface area contributed by atoms with Crippen molar-refractivity contribution in [2.24, 2.45) is 0 Å². The molecule has 8 nitrogen and oxygen atoms in total. The van der Waals surface area contributed by atoms with Gasteiger partial charge in [0.25, 0.3) is 5.91 Å². The van der Waals surface area contributed by atoms with Crippen molar-refractivity contribution in [2.45, 2.75) is 25.2 Å². The molecule has 2 amide bonds. The van der Waals surface area contributed by atoms with Crippen molar-refractivity contribution in [1.29, 1.82) is 0 Å². The number of pyridine rings is 1. The predicted octanol–water partition coefficient (Wildman–Crippen LogP) is 2.87. The second kappa shape index (κ2) is 9.84. The van der Waals surface area contributed by atoms with Crippen molar-refractivity contribution in [3.8, 4) is 11.4 Å². The third-order valence-electron chi connectivity index (χ3n) is 5.41. The maximum absolute atomic E-state index is 13.9. The van der Waals surface area contributed by atoms with Crippen LogP contribution in [0.5, 0.6) is 0 Å². The van der Waals surface area contributed by atoms with Gasteiger partial charge in [-0.3, -0.25) is 14.5 Å². The van der Waals surface area contributed by atoms with E-state index in [4.69, 9.17) is 11.6 Å². The number of nitrogens with zero attached hydrogens (tertiary/aromatic N) is 5. The van der Waals surface area contributed by atoms with Crippen molar-refractivity contribution in [3.05, 3.63) is 53.6 Å². The zero-order chi connectivity index (χ0) is 24.3. The molecule has 1 saturated heterocycles. The smallest absolute Gasteiger partial charge is 0.354 e. The fraction of sp³-hybridized carbons (Fsp3) is 0.381. The number of hydrogen-bond acceptors (Lipinski definition) is 6. The largest absolute Gasteiger partial charge is 0.405 e. The molecule has 12 heteroatoms. The lowest BCUT2D eigenvalue weighted by Crippen LogP contribution is -2.60. The summed E-state index contributed by atoms with van der Waals surface area (Å²) in [6.07, 6.45) is -2.37. The Kier molecular flexibility index (Phi) is 7.33. The Morgan fingerprint density at radius 1 is 1.24 bits per heavy atom. The average Bonchev–Trinajstić information content (AvgIpc) is 2.81. The zero-order valence-electron chi connectivity index (χ0n) is 17.9. The Bertz CT molecular complexity index is 1060. The molecule has 0 aliphatic carbocycles. The summed E-state index contributed by atoms with van der Waals surface area (Å²) in [6, 6.07) is 1.77. The highest BCUT2D eigenvalue weighted by Crippen LogP contribution is 2.37. The molecule has 0 unspecified atom stereocenters. The fourth-order valence-electron chi connectivity index (χ4n) is 3.85. The second-order valence-electron chi connectivity index (χ2n) is 7.33. The van der Waals surface area contributed by atoms with Crippen LogP contribution in [0.15, 0.2) is 37.2 Å². The number of hydrogen-bond donors (Lipinski definition) is 1. The van der Waals surface area contributed by atoms with Crippen molar-refractivity contribution in [2.75, 3.05) is 26.7 Å². The predicted molar refractivity (Wildman–Crippen MR) is 115 cm³/mol. The number of nitrogens with one attached hydrogen (secondary N) is 1. The van der Waals surface area contributed by atoms with Crippen LogP contribution in [0.2, 0.25) is 5.15 Å². The maximum Gasteiger partial charge on any atom is 0.405 e. The van der Waals surface area contributed by atoms with Crippen molar-refractivity contribution in [1.82, 2.24) is 30.1 Å². The Morgan fingerprint density at radius 2 is 1.97 bits per heavy atom. The molecule has 1 aliphatic rings. The van der Waals surface area contributed by atoms with Gasteiger partial charge < -0.3 is 10.2 Å². The second-order valence-corrected chi connectivity index (χ2v) is 7.71. The van der Waals surface area contributed by atoms with E-state index in [-0.39, 0.29) is 35.3 Å². The van der Waals surface area contributed by atoms with Gasteiger partial charge in [-0.1, -0.05) is 25.1 Å². The number of carbonyl (C=O) groups excluding carboxylic acids is 2. The fourth-order valence-corrected chi connectivity index (χ4v) is 4.06. The molecular formula is C21H22ClF3N6O2. The van der Waals surface area contributed by atoms with Crippen LogP contribution < -0.4 is 5.32 Å². The van der Waals surface area contributed by atoms with Gasteiger partial charge in [-0.15, -0.1) is 0 Å². The van der Waals surface area contributed by atoms with Crippen LogP contribution in [-0.4, -0.2) is 75.5 Å². The summed E-state index contributed by atoms with van der Waals surface area (Å²) in [6.45, 7) is 4.63. The van der Waals surface area contributed by atoms with Gasteiger partial charge in [0.15, 0.2) is 0 Å². The molecule has 2 aromatic rings. The van der Waals surface area contributed by atoms with E-state index in [0.29, 0.717) is 5.56 Å². The van der Waals surface area contributed by atoms with Gasteiger partial charge in [-0.05, 0) is 36.4 Å². The number of rotatable bonds is 5. The van der Waals surface area contributed by atoms with E-state index in [9.17, 15) is 22.8 Å². The number of amides is 2. The molecule has 1 fully saturated rings. The minimum absolute atomic E-state index is 0.0122. The molecule has 2 atom stereocenters. The summed E-state index contributed by atoms with van der Waals surface area (Å²) >= 11 is 6.22. The molecular weight excluding hydrogens is 461 g/mol. The van der Waals surface area contributed by atoms with Gasteiger partial charge in [-0.2, -0.15) is 13.2 Å². The molecule has 3 rings (SSSR count). The number of halogens is 4. The van der Waals surface area contributed by atoms with Gasteiger partial charge in [0.1, 0.15) is 23.2 Å². The number of carbonyl (C=O) groups is 2. The first-order valence-electron chi connectivity index (χ1n) is 10.0.